The van der Waals surface area contributed by atoms with Gasteiger partial charge in [-0.05, 0) is 55.6 Å². The molecule has 0 bridgehead atoms. The van der Waals surface area contributed by atoms with Gasteiger partial charge in [-0.25, -0.2) is 0 Å². The van der Waals surface area contributed by atoms with Crippen molar-refractivity contribution in [3.05, 3.63) is 59.7 Å². The smallest absolute Gasteiger partial charge is 0.239 e. The fourth-order valence-corrected chi connectivity index (χ4v) is 5.98. The lowest BCUT2D eigenvalue weighted by atomic mass is 10.0. The lowest BCUT2D eigenvalue weighted by Gasteiger charge is -2.33. The van der Waals surface area contributed by atoms with Gasteiger partial charge in [-0.2, -0.15) is 0 Å². The highest BCUT2D eigenvalue weighted by Gasteiger charge is 2.45. The Morgan fingerprint density at radius 3 is 2.63 bits per heavy atom. The van der Waals surface area contributed by atoms with E-state index in [1.54, 1.807) is 0 Å². The maximum Gasteiger partial charge on any atom is 0.239 e. The summed E-state index contributed by atoms with van der Waals surface area (Å²) in [7, 11) is 6.22. The number of hydrogen-bond acceptors (Lipinski definition) is 5. The average molecular weight is 476 g/mol. The normalized spacial score (nSPS) is 24.6. The monoisotopic (exact) mass is 475 g/mol. The Kier molecular flexibility index (Phi) is 6.80. The molecular weight excluding hydrogens is 438 g/mol. The molecule has 3 heterocycles. The van der Waals surface area contributed by atoms with Crippen LogP contribution >= 0.6 is 0 Å². The fraction of sp³-hybridized carbons (Fsp3) is 0.500. The molecule has 2 aromatic rings. The van der Waals surface area contributed by atoms with Crippen molar-refractivity contribution in [3.63, 3.8) is 0 Å². The quantitative estimate of drug-likeness (QED) is 0.696. The molecule has 35 heavy (non-hydrogen) atoms. The van der Waals surface area contributed by atoms with Crippen LogP contribution in [0.2, 0.25) is 0 Å². The number of nitrogens with zero attached hydrogens (tertiary/aromatic N) is 4. The Labute approximate surface area is 208 Å². The largest absolute Gasteiger partial charge is 0.378 e. The number of anilines is 2. The number of benzene rings is 2. The molecule has 3 unspecified atom stereocenters. The minimum absolute atomic E-state index is 0.117. The van der Waals surface area contributed by atoms with Gasteiger partial charge in [0.25, 0.3) is 0 Å². The second-order valence-electron chi connectivity index (χ2n) is 10.4. The third kappa shape index (κ3) is 4.80. The number of para-hydroxylation sites is 1. The molecule has 0 spiro atoms. The van der Waals surface area contributed by atoms with E-state index in [0.29, 0.717) is 13.0 Å². The van der Waals surface area contributed by atoms with Crippen LogP contribution < -0.4 is 15.1 Å². The predicted molar refractivity (Wildman–Crippen MR) is 140 cm³/mol. The Bertz CT molecular complexity index is 1070. The summed E-state index contributed by atoms with van der Waals surface area (Å²) in [5.41, 5.74) is 4.72. The maximum atomic E-state index is 13.2. The van der Waals surface area contributed by atoms with Crippen LogP contribution in [0.25, 0.3) is 0 Å². The van der Waals surface area contributed by atoms with Gasteiger partial charge in [0.15, 0.2) is 0 Å². The number of likely N-dealkylation sites (tertiary alicyclic amines) is 1. The molecule has 2 amide bonds. The molecule has 3 atom stereocenters. The topological polar surface area (TPSA) is 59.1 Å². The summed E-state index contributed by atoms with van der Waals surface area (Å²) in [5.74, 6) is 0.302. The van der Waals surface area contributed by atoms with Gasteiger partial charge >= 0.3 is 0 Å². The minimum atomic E-state index is -0.153. The average Bonchev–Trinajstić information content (AvgIpc) is 3.45. The molecule has 3 aliphatic rings. The molecule has 7 heteroatoms. The van der Waals surface area contributed by atoms with E-state index in [1.165, 1.54) is 16.8 Å². The zero-order valence-corrected chi connectivity index (χ0v) is 21.1. The molecule has 2 aromatic carbocycles. The van der Waals surface area contributed by atoms with E-state index < -0.39 is 0 Å². The summed E-state index contributed by atoms with van der Waals surface area (Å²) in [4.78, 5) is 34.9. The summed E-state index contributed by atoms with van der Waals surface area (Å²) < 4.78 is 0. The molecule has 3 aliphatic heterocycles. The van der Waals surface area contributed by atoms with Crippen molar-refractivity contribution in [1.82, 2.24) is 15.1 Å². The molecule has 186 valence electrons. The number of hydrogen-bond donors (Lipinski definition) is 1. The van der Waals surface area contributed by atoms with Crippen LogP contribution in [0, 0.1) is 0 Å². The number of likely N-dealkylation sites (N-methyl/N-ethyl adjacent to an activating group) is 1. The van der Waals surface area contributed by atoms with Crippen LogP contribution in [0.15, 0.2) is 48.5 Å². The molecule has 0 aromatic heterocycles. The number of amides is 2. The maximum absolute atomic E-state index is 13.2. The lowest BCUT2D eigenvalue weighted by Crippen LogP contribution is -2.49. The van der Waals surface area contributed by atoms with E-state index in [1.807, 2.05) is 37.2 Å². The van der Waals surface area contributed by atoms with E-state index in [9.17, 15) is 9.59 Å². The van der Waals surface area contributed by atoms with E-state index in [2.05, 4.69) is 57.4 Å². The van der Waals surface area contributed by atoms with Gasteiger partial charge in [0.2, 0.25) is 11.8 Å². The predicted octanol–water partition coefficient (Wildman–Crippen LogP) is 2.50. The van der Waals surface area contributed by atoms with Crippen LogP contribution in [-0.4, -0.2) is 80.5 Å². The van der Waals surface area contributed by atoms with E-state index >= 15 is 0 Å². The highest BCUT2D eigenvalue weighted by molar-refractivity contribution is 5.95. The van der Waals surface area contributed by atoms with Crippen molar-refractivity contribution in [2.75, 3.05) is 50.6 Å². The van der Waals surface area contributed by atoms with Crippen LogP contribution in [0.4, 0.5) is 11.4 Å². The summed E-state index contributed by atoms with van der Waals surface area (Å²) in [6, 6.07) is 17.0. The van der Waals surface area contributed by atoms with Gasteiger partial charge in [-0.15, -0.1) is 0 Å². The van der Waals surface area contributed by atoms with Crippen LogP contribution in [0.3, 0.4) is 0 Å². The highest BCUT2D eigenvalue weighted by atomic mass is 16.2. The molecule has 0 saturated carbocycles. The lowest BCUT2D eigenvalue weighted by molar-refractivity contribution is -0.126. The van der Waals surface area contributed by atoms with Gasteiger partial charge in [-0.3, -0.25) is 19.4 Å². The van der Waals surface area contributed by atoms with Crippen molar-refractivity contribution < 1.29 is 9.59 Å². The summed E-state index contributed by atoms with van der Waals surface area (Å²) in [6.45, 7) is 3.04. The third-order valence-electron chi connectivity index (χ3n) is 8.07. The number of rotatable bonds is 6. The first kappa shape index (κ1) is 23.8. The van der Waals surface area contributed by atoms with Crippen molar-refractivity contribution in [2.24, 2.45) is 0 Å². The molecule has 5 rings (SSSR count). The molecule has 2 saturated heterocycles. The van der Waals surface area contributed by atoms with Crippen LogP contribution in [0.1, 0.15) is 30.4 Å². The number of nitrogens with one attached hydrogen (secondary N) is 1. The molecular formula is C28H37N5O2. The van der Waals surface area contributed by atoms with Gasteiger partial charge in [0, 0.05) is 70.2 Å². The zero-order valence-electron chi connectivity index (χ0n) is 21.1. The van der Waals surface area contributed by atoms with E-state index in [4.69, 9.17) is 0 Å². The van der Waals surface area contributed by atoms with Crippen molar-refractivity contribution in [2.45, 2.75) is 50.4 Å². The fourth-order valence-electron chi connectivity index (χ4n) is 5.98. The van der Waals surface area contributed by atoms with Gasteiger partial charge in [0.1, 0.15) is 6.04 Å². The van der Waals surface area contributed by atoms with Crippen molar-refractivity contribution >= 4 is 23.2 Å². The first-order valence-corrected chi connectivity index (χ1v) is 12.8. The number of carbonyl (C=O) groups excluding carboxylic acids is 2. The van der Waals surface area contributed by atoms with Gasteiger partial charge in [-0.1, -0.05) is 30.3 Å². The molecule has 1 N–H and O–H groups in total. The summed E-state index contributed by atoms with van der Waals surface area (Å²) in [5, 5.41) is 3.19. The second-order valence-corrected chi connectivity index (χ2v) is 10.4. The Morgan fingerprint density at radius 2 is 1.86 bits per heavy atom. The standard InChI is InChI=1S/C28H37N5O2/c1-30(2)22-10-8-20(9-11-22)19-32-16-15-25-27(32)28(35)29-18-23(31(25)3)12-13-26(34)33-17-14-21-6-4-5-7-24(21)33/h4-11,23,25,27H,12-19H2,1-3H3,(H,29,35). The number of carbonyl (C=O) groups is 2. The zero-order chi connectivity index (χ0) is 24.5. The second kappa shape index (κ2) is 9.99. The Balaban J connectivity index is 1.21. The van der Waals surface area contributed by atoms with Crippen LogP contribution in [0.5, 0.6) is 0 Å². The Morgan fingerprint density at radius 1 is 1.09 bits per heavy atom. The van der Waals surface area contributed by atoms with Crippen molar-refractivity contribution in [1.29, 1.82) is 0 Å². The minimum Gasteiger partial charge on any atom is -0.378 e. The van der Waals surface area contributed by atoms with Gasteiger partial charge in [0.05, 0.1) is 0 Å². The van der Waals surface area contributed by atoms with E-state index in [-0.39, 0.29) is 29.9 Å². The molecule has 2 fully saturated rings. The molecule has 0 radical (unpaired) electrons. The highest BCUT2D eigenvalue weighted by Crippen LogP contribution is 2.31. The van der Waals surface area contributed by atoms with E-state index in [0.717, 1.165) is 44.6 Å². The van der Waals surface area contributed by atoms with Crippen molar-refractivity contribution in [3.8, 4) is 0 Å². The summed E-state index contributed by atoms with van der Waals surface area (Å²) in [6.07, 6.45) is 3.15. The van der Waals surface area contributed by atoms with Crippen LogP contribution in [-0.2, 0) is 22.6 Å². The first-order valence-electron chi connectivity index (χ1n) is 12.8. The van der Waals surface area contributed by atoms with Gasteiger partial charge < -0.3 is 15.1 Å². The Hall–Kier alpha value is -2.90. The number of fused-ring (bicyclic) bond motifs is 2. The summed E-state index contributed by atoms with van der Waals surface area (Å²) >= 11 is 0. The third-order valence-corrected chi connectivity index (χ3v) is 8.07. The first-order chi connectivity index (χ1) is 16.9. The molecule has 0 aliphatic carbocycles. The molecule has 7 nitrogen and oxygen atoms in total. The SMILES string of the molecule is CN(C)c1ccc(CN2CCC3C2C(=O)NCC(CCC(=O)N2CCc4ccccc42)N3C)cc1.